The van der Waals surface area contributed by atoms with E-state index in [0.717, 1.165) is 0 Å². The molecule has 0 spiro atoms. The van der Waals surface area contributed by atoms with Gasteiger partial charge in [-0.25, -0.2) is 0 Å². The number of amides is 1. The van der Waals surface area contributed by atoms with Gasteiger partial charge in [0.15, 0.2) is 0 Å². The largest absolute Gasteiger partial charge is 0.508 e. The molecule has 1 amide bonds. The van der Waals surface area contributed by atoms with Crippen LogP contribution in [0.3, 0.4) is 0 Å². The number of rotatable bonds is 4. The predicted octanol–water partition coefficient (Wildman–Crippen LogP) is 0.953. The molecule has 0 aliphatic carbocycles. The van der Waals surface area contributed by atoms with Crippen LogP contribution in [0.4, 0.5) is 0 Å². The van der Waals surface area contributed by atoms with Crippen LogP contribution in [0, 0.1) is 0 Å². The Labute approximate surface area is 100 Å². The van der Waals surface area contributed by atoms with Gasteiger partial charge < -0.3 is 21.3 Å². The first-order valence-corrected chi connectivity index (χ1v) is 5.48. The smallest absolute Gasteiger partial charge is 0.255 e. The van der Waals surface area contributed by atoms with E-state index in [0.29, 0.717) is 6.42 Å². The Hall–Kier alpha value is -1.75. The molecule has 0 aliphatic rings. The number of phenols is 2. The molecule has 2 unspecified atom stereocenters. The molecule has 2 atom stereocenters. The van der Waals surface area contributed by atoms with E-state index in [-0.39, 0.29) is 29.1 Å². The van der Waals surface area contributed by atoms with Gasteiger partial charge in [-0.2, -0.15) is 0 Å². The van der Waals surface area contributed by atoms with E-state index >= 15 is 0 Å². The van der Waals surface area contributed by atoms with E-state index < -0.39 is 5.91 Å². The predicted molar refractivity (Wildman–Crippen MR) is 65.0 cm³/mol. The van der Waals surface area contributed by atoms with Gasteiger partial charge >= 0.3 is 0 Å². The summed E-state index contributed by atoms with van der Waals surface area (Å²) >= 11 is 0. The van der Waals surface area contributed by atoms with Crippen LogP contribution in [0.2, 0.25) is 0 Å². The molecule has 5 N–H and O–H groups in total. The molecule has 0 fully saturated rings. The third-order valence-corrected chi connectivity index (χ3v) is 2.33. The molecule has 0 aromatic heterocycles. The first kappa shape index (κ1) is 13.3. The molecular weight excluding hydrogens is 220 g/mol. The molecule has 0 bridgehead atoms. The van der Waals surface area contributed by atoms with E-state index in [1.54, 1.807) is 0 Å². The van der Waals surface area contributed by atoms with Crippen LogP contribution in [0.15, 0.2) is 18.2 Å². The van der Waals surface area contributed by atoms with Crippen LogP contribution in [-0.4, -0.2) is 28.2 Å². The Morgan fingerprint density at radius 3 is 2.65 bits per heavy atom. The third-order valence-electron chi connectivity index (χ3n) is 2.33. The van der Waals surface area contributed by atoms with Crippen molar-refractivity contribution in [2.75, 3.05) is 0 Å². The van der Waals surface area contributed by atoms with Crippen LogP contribution in [-0.2, 0) is 0 Å². The number of hydrogen-bond acceptors (Lipinski definition) is 4. The zero-order valence-corrected chi connectivity index (χ0v) is 9.97. The molecule has 1 aromatic carbocycles. The van der Waals surface area contributed by atoms with Crippen LogP contribution in [0.25, 0.3) is 0 Å². The van der Waals surface area contributed by atoms with E-state index in [4.69, 9.17) is 5.73 Å². The molecule has 0 radical (unpaired) electrons. The maximum absolute atomic E-state index is 11.8. The zero-order valence-electron chi connectivity index (χ0n) is 9.97. The van der Waals surface area contributed by atoms with Crippen molar-refractivity contribution < 1.29 is 15.0 Å². The quantitative estimate of drug-likeness (QED) is 0.587. The molecule has 0 saturated carbocycles. The minimum absolute atomic E-state index is 0.0110. The summed E-state index contributed by atoms with van der Waals surface area (Å²) in [6.07, 6.45) is 0.644. The molecular formula is C12H18N2O3. The topological polar surface area (TPSA) is 95.6 Å². The zero-order chi connectivity index (χ0) is 13.0. The van der Waals surface area contributed by atoms with E-state index in [1.165, 1.54) is 18.2 Å². The van der Waals surface area contributed by atoms with Gasteiger partial charge in [0, 0.05) is 12.1 Å². The lowest BCUT2D eigenvalue weighted by molar-refractivity contribution is 0.0934. The van der Waals surface area contributed by atoms with Crippen molar-refractivity contribution in [3.8, 4) is 11.5 Å². The molecule has 17 heavy (non-hydrogen) atoms. The van der Waals surface area contributed by atoms with Crippen molar-refractivity contribution in [3.05, 3.63) is 23.8 Å². The third kappa shape index (κ3) is 3.96. The van der Waals surface area contributed by atoms with E-state index in [1.807, 2.05) is 13.8 Å². The molecule has 0 heterocycles. The fraction of sp³-hybridized carbons (Fsp3) is 0.417. The van der Waals surface area contributed by atoms with Crippen LogP contribution < -0.4 is 11.1 Å². The molecule has 1 rings (SSSR count). The highest BCUT2D eigenvalue weighted by molar-refractivity contribution is 5.97. The summed E-state index contributed by atoms with van der Waals surface area (Å²) in [5.74, 6) is -0.646. The van der Waals surface area contributed by atoms with Crippen LogP contribution >= 0.6 is 0 Å². The molecule has 1 aromatic rings. The Bertz CT molecular complexity index is 405. The maximum Gasteiger partial charge on any atom is 0.255 e. The van der Waals surface area contributed by atoms with Crippen molar-refractivity contribution in [1.29, 1.82) is 0 Å². The second-order valence-corrected chi connectivity index (χ2v) is 4.29. The molecule has 5 nitrogen and oxygen atoms in total. The van der Waals surface area contributed by atoms with Gasteiger partial charge in [0.25, 0.3) is 5.91 Å². The second-order valence-electron chi connectivity index (χ2n) is 4.29. The monoisotopic (exact) mass is 238 g/mol. The van der Waals surface area contributed by atoms with Crippen LogP contribution in [0.5, 0.6) is 11.5 Å². The molecule has 94 valence electrons. The van der Waals surface area contributed by atoms with Crippen molar-refractivity contribution >= 4 is 5.91 Å². The van der Waals surface area contributed by atoms with Crippen molar-refractivity contribution in [1.82, 2.24) is 5.32 Å². The van der Waals surface area contributed by atoms with Gasteiger partial charge in [-0.1, -0.05) is 0 Å². The standard InChI is InChI=1S/C12H18N2O3/c1-7(13)5-8(2)14-12(17)10-6-9(15)3-4-11(10)16/h3-4,6-8,15-16H,5,13H2,1-2H3,(H,14,17). The van der Waals surface area contributed by atoms with Crippen molar-refractivity contribution in [2.45, 2.75) is 32.4 Å². The molecule has 5 heteroatoms. The number of carbonyl (C=O) groups is 1. The van der Waals surface area contributed by atoms with Gasteiger partial charge in [0.2, 0.25) is 0 Å². The number of benzene rings is 1. The van der Waals surface area contributed by atoms with Crippen LogP contribution in [0.1, 0.15) is 30.6 Å². The summed E-state index contributed by atoms with van der Waals surface area (Å²) < 4.78 is 0. The lowest BCUT2D eigenvalue weighted by Gasteiger charge is -2.16. The van der Waals surface area contributed by atoms with E-state index in [2.05, 4.69) is 5.32 Å². The number of phenolic OH excluding ortho intramolecular Hbond substituents is 2. The minimum Gasteiger partial charge on any atom is -0.508 e. The van der Waals surface area contributed by atoms with Gasteiger partial charge in [-0.05, 0) is 38.5 Å². The SMILES string of the molecule is CC(N)CC(C)NC(=O)c1cc(O)ccc1O. The Kier molecular flexibility index (Phi) is 4.34. The second kappa shape index (κ2) is 5.54. The van der Waals surface area contributed by atoms with Crippen molar-refractivity contribution in [2.24, 2.45) is 5.73 Å². The average molecular weight is 238 g/mol. The summed E-state index contributed by atoms with van der Waals surface area (Å²) in [7, 11) is 0. The number of hydrogen-bond donors (Lipinski definition) is 4. The molecule has 0 aliphatic heterocycles. The van der Waals surface area contributed by atoms with Gasteiger partial charge in [-0.3, -0.25) is 4.79 Å². The first-order valence-electron chi connectivity index (χ1n) is 5.48. The fourth-order valence-electron chi connectivity index (χ4n) is 1.62. The summed E-state index contributed by atoms with van der Waals surface area (Å²) in [6.45, 7) is 3.69. The average Bonchev–Trinajstić information content (AvgIpc) is 2.20. The van der Waals surface area contributed by atoms with Gasteiger partial charge in [0.1, 0.15) is 11.5 Å². The number of carbonyl (C=O) groups excluding carboxylic acids is 1. The summed E-state index contributed by atoms with van der Waals surface area (Å²) in [5, 5.41) is 21.5. The fourth-order valence-corrected chi connectivity index (χ4v) is 1.62. The number of nitrogens with one attached hydrogen (secondary N) is 1. The Balaban J connectivity index is 2.73. The van der Waals surface area contributed by atoms with Crippen molar-refractivity contribution in [3.63, 3.8) is 0 Å². The number of aromatic hydroxyl groups is 2. The lowest BCUT2D eigenvalue weighted by Crippen LogP contribution is -2.36. The van der Waals surface area contributed by atoms with Gasteiger partial charge in [0.05, 0.1) is 5.56 Å². The Morgan fingerprint density at radius 2 is 2.06 bits per heavy atom. The Morgan fingerprint density at radius 1 is 1.41 bits per heavy atom. The molecule has 0 saturated heterocycles. The lowest BCUT2D eigenvalue weighted by atomic mass is 10.1. The highest BCUT2D eigenvalue weighted by atomic mass is 16.3. The summed E-state index contributed by atoms with van der Waals surface area (Å²) in [6, 6.07) is 3.72. The first-order chi connectivity index (χ1) is 7.90. The van der Waals surface area contributed by atoms with E-state index in [9.17, 15) is 15.0 Å². The summed E-state index contributed by atoms with van der Waals surface area (Å²) in [5.41, 5.74) is 5.68. The minimum atomic E-state index is -0.424. The number of nitrogens with two attached hydrogens (primary N) is 1. The highest BCUT2D eigenvalue weighted by Crippen LogP contribution is 2.21. The normalized spacial score (nSPS) is 14.1. The van der Waals surface area contributed by atoms with Gasteiger partial charge in [-0.15, -0.1) is 0 Å². The highest BCUT2D eigenvalue weighted by Gasteiger charge is 2.15. The summed E-state index contributed by atoms with van der Waals surface area (Å²) in [4.78, 5) is 11.8. The maximum atomic E-state index is 11.8.